The summed E-state index contributed by atoms with van der Waals surface area (Å²) in [6.45, 7) is 4.89. The van der Waals surface area contributed by atoms with Crippen molar-refractivity contribution in [1.29, 1.82) is 0 Å². The molecule has 0 atom stereocenters. The van der Waals surface area contributed by atoms with Gasteiger partial charge < -0.3 is 14.5 Å². The molecule has 0 bridgehead atoms. The van der Waals surface area contributed by atoms with Gasteiger partial charge in [-0.3, -0.25) is 0 Å². The normalized spacial score (nSPS) is 19.0. The highest BCUT2D eigenvalue weighted by Gasteiger charge is 2.27. The summed E-state index contributed by atoms with van der Waals surface area (Å²) in [5, 5.41) is 0.756. The van der Waals surface area contributed by atoms with E-state index in [1.807, 2.05) is 24.3 Å². The lowest BCUT2D eigenvalue weighted by Gasteiger charge is -2.37. The zero-order valence-corrected chi connectivity index (χ0v) is 17.1. The highest BCUT2D eigenvalue weighted by molar-refractivity contribution is 7.89. The molecule has 9 heteroatoms. The SMILES string of the molecule is O=S(=O)(c1ccc(N2CCN(c3ccccc3Cl)CC2)nc1)N1CCOCC1. The van der Waals surface area contributed by atoms with Crippen molar-refractivity contribution >= 4 is 33.1 Å². The molecule has 7 nitrogen and oxygen atoms in total. The van der Waals surface area contributed by atoms with E-state index in [1.54, 1.807) is 12.1 Å². The van der Waals surface area contributed by atoms with Gasteiger partial charge in [-0.2, -0.15) is 4.31 Å². The predicted molar refractivity (Wildman–Crippen MR) is 110 cm³/mol. The number of morpholine rings is 1. The van der Waals surface area contributed by atoms with Gasteiger partial charge in [-0.1, -0.05) is 23.7 Å². The first-order chi connectivity index (χ1) is 13.6. The summed E-state index contributed by atoms with van der Waals surface area (Å²) < 4.78 is 32.1. The predicted octanol–water partition coefficient (Wildman–Crippen LogP) is 2.08. The number of hydrogen-bond acceptors (Lipinski definition) is 6. The van der Waals surface area contributed by atoms with E-state index in [4.69, 9.17) is 16.3 Å². The number of aromatic nitrogens is 1. The molecule has 2 saturated heterocycles. The van der Waals surface area contributed by atoms with Crippen molar-refractivity contribution in [2.24, 2.45) is 0 Å². The molecule has 2 aromatic rings. The fourth-order valence-corrected chi connectivity index (χ4v) is 5.14. The summed E-state index contributed by atoms with van der Waals surface area (Å²) in [4.78, 5) is 9.08. The smallest absolute Gasteiger partial charge is 0.244 e. The van der Waals surface area contributed by atoms with Crippen molar-refractivity contribution in [3.63, 3.8) is 0 Å². The van der Waals surface area contributed by atoms with E-state index >= 15 is 0 Å². The lowest BCUT2D eigenvalue weighted by Crippen LogP contribution is -2.47. The number of sulfonamides is 1. The molecule has 2 aliphatic rings. The zero-order valence-electron chi connectivity index (χ0n) is 15.5. The van der Waals surface area contributed by atoms with Crippen molar-refractivity contribution < 1.29 is 13.2 Å². The van der Waals surface area contributed by atoms with Gasteiger partial charge >= 0.3 is 0 Å². The van der Waals surface area contributed by atoms with Crippen LogP contribution in [0.25, 0.3) is 0 Å². The van der Waals surface area contributed by atoms with E-state index in [1.165, 1.54) is 10.5 Å². The Bertz CT molecular complexity index is 909. The second-order valence-electron chi connectivity index (χ2n) is 6.79. The van der Waals surface area contributed by atoms with Gasteiger partial charge in [0, 0.05) is 45.5 Å². The van der Waals surface area contributed by atoms with Gasteiger partial charge in [0.15, 0.2) is 0 Å². The molecule has 0 aliphatic carbocycles. The Morgan fingerprint density at radius 2 is 1.57 bits per heavy atom. The second-order valence-corrected chi connectivity index (χ2v) is 9.14. The number of benzene rings is 1. The van der Waals surface area contributed by atoms with Crippen LogP contribution in [0.2, 0.25) is 5.02 Å². The first kappa shape index (κ1) is 19.4. The average molecular weight is 423 g/mol. The standard InChI is InChI=1S/C19H23ClN4O3S/c20-17-3-1-2-4-18(17)22-7-9-23(10-8-22)19-6-5-16(15-21-19)28(25,26)24-11-13-27-14-12-24/h1-6,15H,7-14H2. The molecule has 28 heavy (non-hydrogen) atoms. The third kappa shape index (κ3) is 3.96. The molecule has 1 aromatic carbocycles. The van der Waals surface area contributed by atoms with Crippen LogP contribution in [0.15, 0.2) is 47.5 Å². The lowest BCUT2D eigenvalue weighted by atomic mass is 10.2. The van der Waals surface area contributed by atoms with Crippen LogP contribution in [-0.4, -0.2) is 70.2 Å². The molecule has 1 aromatic heterocycles. The van der Waals surface area contributed by atoms with Crippen LogP contribution in [0.4, 0.5) is 11.5 Å². The molecule has 2 aliphatic heterocycles. The Morgan fingerprint density at radius 3 is 2.21 bits per heavy atom. The molecule has 0 spiro atoms. The molecule has 0 saturated carbocycles. The Hall–Kier alpha value is -1.87. The third-order valence-corrected chi connectivity index (χ3v) is 7.33. The second kappa shape index (κ2) is 8.24. The van der Waals surface area contributed by atoms with Crippen molar-refractivity contribution in [3.8, 4) is 0 Å². The van der Waals surface area contributed by atoms with Crippen molar-refractivity contribution in [1.82, 2.24) is 9.29 Å². The largest absolute Gasteiger partial charge is 0.379 e. The number of nitrogens with zero attached hydrogens (tertiary/aromatic N) is 4. The van der Waals surface area contributed by atoms with E-state index in [0.29, 0.717) is 26.3 Å². The van der Waals surface area contributed by atoms with Gasteiger partial charge in [0.2, 0.25) is 10.0 Å². The molecule has 3 heterocycles. The Labute approximate surface area is 170 Å². The van der Waals surface area contributed by atoms with Gasteiger partial charge in [0.05, 0.1) is 23.9 Å². The van der Waals surface area contributed by atoms with Crippen LogP contribution in [-0.2, 0) is 14.8 Å². The number of para-hydroxylation sites is 1. The molecule has 0 radical (unpaired) electrons. The van der Waals surface area contributed by atoms with Gasteiger partial charge in [0.1, 0.15) is 10.7 Å². The van der Waals surface area contributed by atoms with E-state index in [9.17, 15) is 8.42 Å². The Morgan fingerprint density at radius 1 is 0.893 bits per heavy atom. The minimum atomic E-state index is -3.51. The summed E-state index contributed by atoms with van der Waals surface area (Å²) in [6, 6.07) is 11.3. The molecule has 0 unspecified atom stereocenters. The topological polar surface area (TPSA) is 66.0 Å². The van der Waals surface area contributed by atoms with Crippen molar-refractivity contribution in [3.05, 3.63) is 47.6 Å². The summed E-state index contributed by atoms with van der Waals surface area (Å²) >= 11 is 6.30. The fraction of sp³-hybridized carbons (Fsp3) is 0.421. The van der Waals surface area contributed by atoms with E-state index in [0.717, 1.165) is 42.7 Å². The summed E-state index contributed by atoms with van der Waals surface area (Å²) in [7, 11) is -3.51. The molecular formula is C19H23ClN4O3S. The fourth-order valence-electron chi connectivity index (χ4n) is 3.53. The number of piperazine rings is 1. The van der Waals surface area contributed by atoms with Crippen molar-refractivity contribution in [2.45, 2.75) is 4.90 Å². The minimum absolute atomic E-state index is 0.229. The highest BCUT2D eigenvalue weighted by atomic mass is 35.5. The van der Waals surface area contributed by atoms with Crippen LogP contribution in [0.3, 0.4) is 0 Å². The summed E-state index contributed by atoms with van der Waals surface area (Å²) in [5.74, 6) is 0.791. The third-order valence-electron chi connectivity index (χ3n) is 5.13. The number of hydrogen-bond donors (Lipinski definition) is 0. The van der Waals surface area contributed by atoms with Gasteiger partial charge in [-0.15, -0.1) is 0 Å². The summed E-state index contributed by atoms with van der Waals surface area (Å²) in [5.41, 5.74) is 1.05. The quantitative estimate of drug-likeness (QED) is 0.751. The summed E-state index contributed by atoms with van der Waals surface area (Å²) in [6.07, 6.45) is 1.46. The highest BCUT2D eigenvalue weighted by Crippen LogP contribution is 2.27. The van der Waals surface area contributed by atoms with E-state index in [2.05, 4.69) is 14.8 Å². The molecule has 150 valence electrons. The number of ether oxygens (including phenoxy) is 1. The molecule has 0 N–H and O–H groups in total. The first-order valence-corrected chi connectivity index (χ1v) is 11.2. The maximum atomic E-state index is 12.7. The van der Waals surface area contributed by atoms with Gasteiger partial charge in [-0.05, 0) is 24.3 Å². The average Bonchev–Trinajstić information content (AvgIpc) is 2.75. The monoisotopic (exact) mass is 422 g/mol. The first-order valence-electron chi connectivity index (χ1n) is 9.34. The Balaban J connectivity index is 1.42. The number of pyridine rings is 1. The van der Waals surface area contributed by atoms with Gasteiger partial charge in [-0.25, -0.2) is 13.4 Å². The zero-order chi connectivity index (χ0) is 19.6. The molecule has 4 rings (SSSR count). The molecular weight excluding hydrogens is 400 g/mol. The number of rotatable bonds is 4. The lowest BCUT2D eigenvalue weighted by molar-refractivity contribution is 0.0730. The van der Waals surface area contributed by atoms with E-state index < -0.39 is 10.0 Å². The number of halogens is 1. The molecule has 0 amide bonds. The molecule has 2 fully saturated rings. The van der Waals surface area contributed by atoms with E-state index in [-0.39, 0.29) is 4.90 Å². The van der Waals surface area contributed by atoms with Crippen LogP contribution < -0.4 is 9.80 Å². The van der Waals surface area contributed by atoms with Crippen LogP contribution in [0.5, 0.6) is 0 Å². The Kier molecular flexibility index (Phi) is 5.73. The van der Waals surface area contributed by atoms with Crippen LogP contribution in [0, 0.1) is 0 Å². The maximum Gasteiger partial charge on any atom is 0.244 e. The maximum absolute atomic E-state index is 12.7. The minimum Gasteiger partial charge on any atom is -0.379 e. The van der Waals surface area contributed by atoms with Crippen LogP contribution in [0.1, 0.15) is 0 Å². The number of anilines is 2. The van der Waals surface area contributed by atoms with Crippen LogP contribution >= 0.6 is 11.6 Å². The van der Waals surface area contributed by atoms with Gasteiger partial charge in [0.25, 0.3) is 0 Å². The van der Waals surface area contributed by atoms with Crippen molar-refractivity contribution in [2.75, 3.05) is 62.3 Å².